The summed E-state index contributed by atoms with van der Waals surface area (Å²) >= 11 is 0. The normalized spacial score (nSPS) is 10.9. The van der Waals surface area contributed by atoms with Gasteiger partial charge in [-0.15, -0.1) is 0 Å². The molecule has 0 aliphatic rings. The van der Waals surface area contributed by atoms with Gasteiger partial charge >= 0.3 is 0 Å². The van der Waals surface area contributed by atoms with Crippen molar-refractivity contribution in [2.24, 2.45) is 5.92 Å². The Morgan fingerprint density at radius 3 is 2.75 bits per heavy atom. The van der Waals surface area contributed by atoms with Crippen molar-refractivity contribution in [2.75, 3.05) is 25.5 Å². The Hall–Kier alpha value is -1.06. The van der Waals surface area contributed by atoms with Gasteiger partial charge in [-0.2, -0.15) is 0 Å². The number of anilines is 1. The molecule has 0 aliphatic carbocycles. The Bertz CT molecular complexity index is 300. The molecular weight excluding hydrogens is 200 g/mol. The smallest absolute Gasteiger partial charge is 0.0591 e. The molecule has 0 amide bonds. The Morgan fingerprint density at radius 1 is 1.31 bits per heavy atom. The van der Waals surface area contributed by atoms with Gasteiger partial charge in [0.15, 0.2) is 0 Å². The number of hydrogen-bond donors (Lipinski definition) is 2. The largest absolute Gasteiger partial charge is 0.398 e. The standard InChI is InChI=1S/C13H22N2O/c1-11(2)10-16-8-7-15-9-12-5-3-4-6-13(12)14/h3-6,11,15H,7-10,14H2,1-2H3. The molecule has 0 unspecified atom stereocenters. The van der Waals surface area contributed by atoms with Crippen molar-refractivity contribution in [1.82, 2.24) is 5.32 Å². The van der Waals surface area contributed by atoms with Crippen molar-refractivity contribution in [3.05, 3.63) is 29.8 Å². The zero-order valence-corrected chi connectivity index (χ0v) is 10.2. The predicted molar refractivity (Wildman–Crippen MR) is 68.2 cm³/mol. The average molecular weight is 222 g/mol. The molecule has 16 heavy (non-hydrogen) atoms. The summed E-state index contributed by atoms with van der Waals surface area (Å²) in [7, 11) is 0. The Kier molecular flexibility index (Phi) is 5.90. The summed E-state index contributed by atoms with van der Waals surface area (Å²) in [6, 6.07) is 7.91. The van der Waals surface area contributed by atoms with Gasteiger partial charge < -0.3 is 15.8 Å². The number of nitrogens with two attached hydrogens (primary N) is 1. The maximum Gasteiger partial charge on any atom is 0.0591 e. The molecule has 1 aromatic rings. The highest BCUT2D eigenvalue weighted by molar-refractivity contribution is 5.46. The van der Waals surface area contributed by atoms with Crippen LogP contribution in [0.5, 0.6) is 0 Å². The highest BCUT2D eigenvalue weighted by Gasteiger charge is 1.97. The molecule has 0 aliphatic heterocycles. The van der Waals surface area contributed by atoms with Crippen molar-refractivity contribution in [2.45, 2.75) is 20.4 Å². The van der Waals surface area contributed by atoms with E-state index in [2.05, 4.69) is 19.2 Å². The second-order valence-electron chi connectivity index (χ2n) is 4.34. The molecule has 0 radical (unpaired) electrons. The summed E-state index contributed by atoms with van der Waals surface area (Å²) in [6.07, 6.45) is 0. The summed E-state index contributed by atoms with van der Waals surface area (Å²) in [5.41, 5.74) is 7.82. The van der Waals surface area contributed by atoms with E-state index in [9.17, 15) is 0 Å². The zero-order chi connectivity index (χ0) is 11.8. The minimum atomic E-state index is 0.602. The third-order valence-electron chi connectivity index (χ3n) is 2.24. The fraction of sp³-hybridized carbons (Fsp3) is 0.538. The van der Waals surface area contributed by atoms with Crippen LogP contribution in [0, 0.1) is 5.92 Å². The summed E-state index contributed by atoms with van der Waals surface area (Å²) in [5, 5.41) is 3.31. The fourth-order valence-electron chi connectivity index (χ4n) is 1.38. The monoisotopic (exact) mass is 222 g/mol. The van der Waals surface area contributed by atoms with Crippen LogP contribution in [-0.2, 0) is 11.3 Å². The molecule has 1 rings (SSSR count). The lowest BCUT2D eigenvalue weighted by Gasteiger charge is -2.09. The van der Waals surface area contributed by atoms with E-state index in [1.165, 1.54) is 0 Å². The van der Waals surface area contributed by atoms with Crippen LogP contribution < -0.4 is 11.1 Å². The van der Waals surface area contributed by atoms with Gasteiger partial charge in [-0.25, -0.2) is 0 Å². The Labute approximate surface area is 98.0 Å². The second kappa shape index (κ2) is 7.25. The first-order valence-electron chi connectivity index (χ1n) is 5.82. The molecule has 3 N–H and O–H groups in total. The molecule has 3 heteroatoms. The molecule has 90 valence electrons. The van der Waals surface area contributed by atoms with E-state index in [-0.39, 0.29) is 0 Å². The first kappa shape index (κ1) is 13.0. The Morgan fingerprint density at radius 2 is 2.06 bits per heavy atom. The van der Waals surface area contributed by atoms with Crippen LogP contribution in [0.2, 0.25) is 0 Å². The number of nitrogens with one attached hydrogen (secondary N) is 1. The van der Waals surface area contributed by atoms with Crippen LogP contribution in [-0.4, -0.2) is 19.8 Å². The highest BCUT2D eigenvalue weighted by Crippen LogP contribution is 2.09. The molecule has 0 heterocycles. The lowest BCUT2D eigenvalue weighted by atomic mass is 10.2. The summed E-state index contributed by atoms with van der Waals surface area (Å²) < 4.78 is 5.47. The lowest BCUT2D eigenvalue weighted by molar-refractivity contribution is 0.111. The third kappa shape index (κ3) is 5.14. The summed E-state index contributed by atoms with van der Waals surface area (Å²) in [6.45, 7) is 7.55. The van der Waals surface area contributed by atoms with E-state index in [1.807, 2.05) is 24.3 Å². The van der Waals surface area contributed by atoms with E-state index in [0.717, 1.165) is 37.6 Å². The van der Waals surface area contributed by atoms with Gasteiger partial charge in [0.05, 0.1) is 6.61 Å². The van der Waals surface area contributed by atoms with Gasteiger partial charge in [0.1, 0.15) is 0 Å². The number of hydrogen-bond acceptors (Lipinski definition) is 3. The summed E-state index contributed by atoms with van der Waals surface area (Å²) in [4.78, 5) is 0. The zero-order valence-electron chi connectivity index (χ0n) is 10.2. The molecule has 0 atom stereocenters. The maximum absolute atomic E-state index is 5.83. The van der Waals surface area contributed by atoms with Crippen LogP contribution in [0.1, 0.15) is 19.4 Å². The molecule has 0 aromatic heterocycles. The lowest BCUT2D eigenvalue weighted by Crippen LogP contribution is -2.20. The SMILES string of the molecule is CC(C)COCCNCc1ccccc1N. The van der Waals surface area contributed by atoms with Crippen LogP contribution in [0.3, 0.4) is 0 Å². The van der Waals surface area contributed by atoms with Gasteiger partial charge in [-0.3, -0.25) is 0 Å². The van der Waals surface area contributed by atoms with Crippen molar-refractivity contribution in [1.29, 1.82) is 0 Å². The third-order valence-corrected chi connectivity index (χ3v) is 2.24. The molecule has 0 fully saturated rings. The average Bonchev–Trinajstić information content (AvgIpc) is 2.25. The van der Waals surface area contributed by atoms with Crippen LogP contribution in [0.15, 0.2) is 24.3 Å². The van der Waals surface area contributed by atoms with Gasteiger partial charge in [0.25, 0.3) is 0 Å². The van der Waals surface area contributed by atoms with E-state index in [0.29, 0.717) is 5.92 Å². The van der Waals surface area contributed by atoms with Gasteiger partial charge in [0.2, 0.25) is 0 Å². The van der Waals surface area contributed by atoms with E-state index >= 15 is 0 Å². The topological polar surface area (TPSA) is 47.3 Å². The molecule has 1 aromatic carbocycles. The first-order valence-corrected chi connectivity index (χ1v) is 5.82. The fourth-order valence-corrected chi connectivity index (χ4v) is 1.38. The Balaban J connectivity index is 2.10. The molecule has 3 nitrogen and oxygen atoms in total. The van der Waals surface area contributed by atoms with Crippen LogP contribution >= 0.6 is 0 Å². The van der Waals surface area contributed by atoms with Crippen LogP contribution in [0.4, 0.5) is 5.69 Å². The number of rotatable bonds is 7. The number of nitrogen functional groups attached to an aromatic ring is 1. The van der Waals surface area contributed by atoms with Crippen molar-refractivity contribution < 1.29 is 4.74 Å². The maximum atomic E-state index is 5.83. The number of para-hydroxylation sites is 1. The van der Waals surface area contributed by atoms with E-state index < -0.39 is 0 Å². The van der Waals surface area contributed by atoms with Crippen LogP contribution in [0.25, 0.3) is 0 Å². The minimum Gasteiger partial charge on any atom is -0.398 e. The quantitative estimate of drug-likeness (QED) is 0.548. The molecule has 0 spiro atoms. The van der Waals surface area contributed by atoms with Gasteiger partial charge in [0, 0.05) is 25.4 Å². The summed E-state index contributed by atoms with van der Waals surface area (Å²) in [5.74, 6) is 0.602. The number of ether oxygens (including phenoxy) is 1. The van der Waals surface area contributed by atoms with Crippen molar-refractivity contribution in [3.63, 3.8) is 0 Å². The second-order valence-corrected chi connectivity index (χ2v) is 4.34. The molecule has 0 saturated carbocycles. The van der Waals surface area contributed by atoms with Gasteiger partial charge in [-0.1, -0.05) is 32.0 Å². The van der Waals surface area contributed by atoms with Gasteiger partial charge in [-0.05, 0) is 17.5 Å². The van der Waals surface area contributed by atoms with Crippen molar-refractivity contribution in [3.8, 4) is 0 Å². The number of benzene rings is 1. The minimum absolute atomic E-state index is 0.602. The predicted octanol–water partition coefficient (Wildman–Crippen LogP) is 2.03. The first-order chi connectivity index (χ1) is 7.70. The van der Waals surface area contributed by atoms with Crippen molar-refractivity contribution >= 4 is 5.69 Å². The van der Waals surface area contributed by atoms with E-state index in [1.54, 1.807) is 0 Å². The molecule has 0 bridgehead atoms. The van der Waals surface area contributed by atoms with E-state index in [4.69, 9.17) is 10.5 Å². The molecular formula is C13H22N2O. The highest BCUT2D eigenvalue weighted by atomic mass is 16.5. The molecule has 0 saturated heterocycles.